The zero-order chi connectivity index (χ0) is 9.42. The van der Waals surface area contributed by atoms with Crippen LogP contribution in [0.5, 0.6) is 0 Å². The van der Waals surface area contributed by atoms with Gasteiger partial charge in [0.15, 0.2) is 0 Å². The van der Waals surface area contributed by atoms with E-state index in [4.69, 9.17) is 0 Å². The Morgan fingerprint density at radius 2 is 2.23 bits per heavy atom. The molecule has 1 aromatic rings. The third-order valence-corrected chi connectivity index (χ3v) is 2.83. The van der Waals surface area contributed by atoms with E-state index in [0.29, 0.717) is 16.9 Å². The lowest BCUT2D eigenvalue weighted by Gasteiger charge is -1.96. The number of nitro benzene ring substituents is 1. The van der Waals surface area contributed by atoms with E-state index in [2.05, 4.69) is 0 Å². The molecule has 0 aromatic heterocycles. The summed E-state index contributed by atoms with van der Waals surface area (Å²) in [6.45, 7) is 0. The summed E-state index contributed by atoms with van der Waals surface area (Å²) in [7, 11) is 0. The Morgan fingerprint density at radius 3 is 2.92 bits per heavy atom. The van der Waals surface area contributed by atoms with Crippen LogP contribution >= 0.6 is 11.8 Å². The van der Waals surface area contributed by atoms with Gasteiger partial charge >= 0.3 is 0 Å². The van der Waals surface area contributed by atoms with Gasteiger partial charge in [-0.3, -0.25) is 14.9 Å². The van der Waals surface area contributed by atoms with Crippen LogP contribution in [0.25, 0.3) is 0 Å². The zero-order valence-corrected chi connectivity index (χ0v) is 7.34. The Kier molecular flexibility index (Phi) is 1.81. The normalized spacial score (nSPS) is 14.3. The van der Waals surface area contributed by atoms with Crippen LogP contribution in [0.4, 0.5) is 5.69 Å². The van der Waals surface area contributed by atoms with Crippen molar-refractivity contribution in [3.8, 4) is 0 Å². The van der Waals surface area contributed by atoms with Gasteiger partial charge in [0.05, 0.1) is 10.5 Å². The molecule has 0 saturated heterocycles. The summed E-state index contributed by atoms with van der Waals surface area (Å²) in [6, 6.07) is 4.60. The summed E-state index contributed by atoms with van der Waals surface area (Å²) >= 11 is 1.11. The van der Waals surface area contributed by atoms with Crippen molar-refractivity contribution in [1.29, 1.82) is 0 Å². The van der Waals surface area contributed by atoms with Crippen LogP contribution in [-0.2, 0) is 5.75 Å². The molecule has 0 spiro atoms. The monoisotopic (exact) mass is 195 g/mol. The van der Waals surface area contributed by atoms with E-state index in [9.17, 15) is 14.9 Å². The highest BCUT2D eigenvalue weighted by atomic mass is 32.2. The van der Waals surface area contributed by atoms with Crippen molar-refractivity contribution in [2.75, 3.05) is 0 Å². The summed E-state index contributed by atoms with van der Waals surface area (Å²) in [5.41, 5.74) is 1.09. The van der Waals surface area contributed by atoms with Crippen LogP contribution in [0.15, 0.2) is 18.2 Å². The van der Waals surface area contributed by atoms with Gasteiger partial charge in [-0.1, -0.05) is 17.8 Å². The Balaban J connectivity index is 2.63. The average molecular weight is 195 g/mol. The van der Waals surface area contributed by atoms with Crippen LogP contribution in [0.1, 0.15) is 15.9 Å². The molecule has 1 aliphatic rings. The molecule has 0 atom stereocenters. The lowest BCUT2D eigenvalue weighted by molar-refractivity contribution is -0.385. The lowest BCUT2D eigenvalue weighted by atomic mass is 10.1. The summed E-state index contributed by atoms with van der Waals surface area (Å²) in [4.78, 5) is 21.3. The van der Waals surface area contributed by atoms with Crippen molar-refractivity contribution in [2.45, 2.75) is 5.75 Å². The number of hydrogen-bond acceptors (Lipinski definition) is 4. The second-order valence-electron chi connectivity index (χ2n) is 2.64. The Hall–Kier alpha value is -1.36. The van der Waals surface area contributed by atoms with E-state index in [1.54, 1.807) is 12.1 Å². The molecule has 1 heterocycles. The quantitative estimate of drug-likeness (QED) is 0.507. The van der Waals surface area contributed by atoms with E-state index in [1.165, 1.54) is 6.07 Å². The maximum Gasteiger partial charge on any atom is 0.274 e. The highest BCUT2D eigenvalue weighted by Gasteiger charge is 2.27. The minimum absolute atomic E-state index is 0.0517. The first kappa shape index (κ1) is 8.25. The number of benzene rings is 1. The molecular formula is C8H5NO3S. The van der Waals surface area contributed by atoms with Gasteiger partial charge in [0.1, 0.15) is 0 Å². The molecule has 0 N–H and O–H groups in total. The smallest absolute Gasteiger partial charge is 0.274 e. The molecule has 0 radical (unpaired) electrons. The highest BCUT2D eigenvalue weighted by Crippen LogP contribution is 2.35. The summed E-state index contributed by atoms with van der Waals surface area (Å²) in [5.74, 6) is 0.422. The fourth-order valence-electron chi connectivity index (χ4n) is 1.30. The Morgan fingerprint density at radius 1 is 1.46 bits per heavy atom. The number of carbonyl (C=O) groups is 1. The first-order chi connectivity index (χ1) is 6.20. The zero-order valence-electron chi connectivity index (χ0n) is 6.52. The SMILES string of the molecule is O=C1SCc2c1cccc2[N+](=O)[O-]. The summed E-state index contributed by atoms with van der Waals surface area (Å²) in [6.07, 6.45) is 0. The number of hydrogen-bond donors (Lipinski definition) is 0. The van der Waals surface area contributed by atoms with Gasteiger partial charge in [-0.2, -0.15) is 0 Å². The predicted molar refractivity (Wildman–Crippen MR) is 48.7 cm³/mol. The van der Waals surface area contributed by atoms with E-state index in [0.717, 1.165) is 11.8 Å². The topological polar surface area (TPSA) is 60.2 Å². The van der Waals surface area contributed by atoms with Gasteiger partial charge in [-0.25, -0.2) is 0 Å². The molecule has 66 valence electrons. The van der Waals surface area contributed by atoms with Crippen molar-refractivity contribution in [2.24, 2.45) is 0 Å². The maximum absolute atomic E-state index is 11.2. The molecule has 0 bridgehead atoms. The number of carbonyl (C=O) groups excluding carboxylic acids is 1. The van der Waals surface area contributed by atoms with Crippen molar-refractivity contribution in [3.63, 3.8) is 0 Å². The van der Waals surface area contributed by atoms with E-state index >= 15 is 0 Å². The van der Waals surface area contributed by atoms with Crippen LogP contribution < -0.4 is 0 Å². The lowest BCUT2D eigenvalue weighted by Crippen LogP contribution is -1.95. The van der Waals surface area contributed by atoms with Crippen molar-refractivity contribution in [1.82, 2.24) is 0 Å². The van der Waals surface area contributed by atoms with E-state index in [1.807, 2.05) is 0 Å². The first-order valence-electron chi connectivity index (χ1n) is 3.63. The van der Waals surface area contributed by atoms with Gasteiger partial charge < -0.3 is 0 Å². The molecule has 0 saturated carbocycles. The van der Waals surface area contributed by atoms with Gasteiger partial charge in [-0.15, -0.1) is 0 Å². The standard InChI is InChI=1S/C8H5NO3S/c10-8-5-2-1-3-7(9(11)12)6(5)4-13-8/h1-3H,4H2. The third-order valence-electron chi connectivity index (χ3n) is 1.92. The van der Waals surface area contributed by atoms with E-state index < -0.39 is 4.92 Å². The van der Waals surface area contributed by atoms with Gasteiger partial charge in [-0.05, 0) is 6.07 Å². The molecule has 2 rings (SSSR count). The molecule has 1 aliphatic heterocycles. The number of rotatable bonds is 1. The largest absolute Gasteiger partial charge is 0.282 e. The fraction of sp³-hybridized carbons (Fsp3) is 0.125. The molecular weight excluding hydrogens is 190 g/mol. The number of nitro groups is 1. The third kappa shape index (κ3) is 1.21. The van der Waals surface area contributed by atoms with Crippen molar-refractivity contribution < 1.29 is 9.72 Å². The molecule has 0 aliphatic carbocycles. The maximum atomic E-state index is 11.2. The Labute approximate surface area is 78.1 Å². The van der Waals surface area contributed by atoms with Crippen LogP contribution in [-0.4, -0.2) is 10.0 Å². The minimum Gasteiger partial charge on any atom is -0.282 e. The number of fused-ring (bicyclic) bond motifs is 1. The average Bonchev–Trinajstić information content (AvgIpc) is 2.48. The van der Waals surface area contributed by atoms with E-state index in [-0.39, 0.29) is 10.8 Å². The molecule has 5 heteroatoms. The first-order valence-corrected chi connectivity index (χ1v) is 4.62. The highest BCUT2D eigenvalue weighted by molar-refractivity contribution is 8.13. The van der Waals surface area contributed by atoms with Crippen molar-refractivity contribution in [3.05, 3.63) is 39.4 Å². The second kappa shape index (κ2) is 2.85. The summed E-state index contributed by atoms with van der Waals surface area (Å²) < 4.78 is 0. The molecule has 0 amide bonds. The van der Waals surface area contributed by atoms with Crippen molar-refractivity contribution >= 4 is 22.6 Å². The van der Waals surface area contributed by atoms with Crippen LogP contribution in [0, 0.1) is 10.1 Å². The molecule has 0 unspecified atom stereocenters. The van der Waals surface area contributed by atoms with Crippen LogP contribution in [0.2, 0.25) is 0 Å². The molecule has 13 heavy (non-hydrogen) atoms. The minimum atomic E-state index is -0.446. The molecule has 0 fully saturated rings. The molecule has 1 aromatic carbocycles. The predicted octanol–water partition coefficient (Wildman–Crippen LogP) is 1.98. The van der Waals surface area contributed by atoms with Gasteiger partial charge in [0.25, 0.3) is 5.69 Å². The number of nitrogens with zero attached hydrogens (tertiary/aromatic N) is 1. The van der Waals surface area contributed by atoms with Gasteiger partial charge in [0.2, 0.25) is 5.12 Å². The summed E-state index contributed by atoms with van der Waals surface area (Å²) in [5, 5.41) is 10.5. The number of thioether (sulfide) groups is 1. The van der Waals surface area contributed by atoms with Crippen LogP contribution in [0.3, 0.4) is 0 Å². The Bertz CT molecular complexity index is 402. The van der Waals surface area contributed by atoms with Gasteiger partial charge in [0, 0.05) is 17.4 Å². The molecule has 4 nitrogen and oxygen atoms in total. The fourth-order valence-corrected chi connectivity index (χ4v) is 2.23. The second-order valence-corrected chi connectivity index (χ2v) is 3.58.